The Kier molecular flexibility index (Phi) is 4.34. The molecule has 0 saturated carbocycles. The minimum Gasteiger partial charge on any atom is -0.644 e. The van der Waals surface area contributed by atoms with E-state index in [0.29, 0.717) is 23.3 Å². The zero-order valence-electron chi connectivity index (χ0n) is 13.7. The second-order valence-electron chi connectivity index (χ2n) is 6.22. The van der Waals surface area contributed by atoms with Gasteiger partial charge in [0.15, 0.2) is 0 Å². The number of pyridine rings is 1. The molecule has 0 aliphatic carbocycles. The largest absolute Gasteiger partial charge is 0.644 e. The Balaban J connectivity index is 0.00000132. The third-order valence-corrected chi connectivity index (χ3v) is 5.32. The first-order valence-corrected chi connectivity index (χ1v) is 8.31. The molecule has 1 aliphatic heterocycles. The first-order valence-electron chi connectivity index (χ1n) is 6.70. The zero-order chi connectivity index (χ0) is 15.4. The SMILES string of the molecule is C[C-]1CS(=O)(=O)N(C(C)(C)C)c2cc3cc[nH]c3nc2O1.[CH3-].[Lr]. The smallest absolute Gasteiger partial charge is 0.210 e. The summed E-state index contributed by atoms with van der Waals surface area (Å²) in [6.07, 6.45) is 2.19. The van der Waals surface area contributed by atoms with Crippen LogP contribution >= 0.6 is 0 Å². The Morgan fingerprint density at radius 2 is 2.04 bits per heavy atom. The summed E-state index contributed by atoms with van der Waals surface area (Å²) < 4.78 is 32.4. The van der Waals surface area contributed by atoms with Crippen LogP contribution in [0.3, 0.4) is 0 Å². The van der Waals surface area contributed by atoms with E-state index in [4.69, 9.17) is 4.74 Å². The van der Waals surface area contributed by atoms with Gasteiger partial charge in [-0.3, -0.25) is 4.31 Å². The van der Waals surface area contributed by atoms with Gasteiger partial charge in [0.05, 0.1) is 0 Å². The van der Waals surface area contributed by atoms with Crippen LogP contribution in [0, 0.1) is 13.5 Å². The van der Waals surface area contributed by atoms with E-state index >= 15 is 0 Å². The summed E-state index contributed by atoms with van der Waals surface area (Å²) in [7, 11) is -3.51. The second kappa shape index (κ2) is 5.46. The molecule has 0 fully saturated rings. The van der Waals surface area contributed by atoms with Crippen LogP contribution in [0.25, 0.3) is 11.0 Å². The molecule has 8 heteroatoms. The number of aromatic nitrogens is 2. The first-order chi connectivity index (χ1) is 9.68. The van der Waals surface area contributed by atoms with E-state index in [1.807, 2.05) is 26.8 Å². The topological polar surface area (TPSA) is 75.3 Å². The maximum atomic E-state index is 12.7. The molecule has 1 aliphatic rings. The van der Waals surface area contributed by atoms with Crippen molar-refractivity contribution in [1.82, 2.24) is 9.97 Å². The van der Waals surface area contributed by atoms with Crippen molar-refractivity contribution in [3.05, 3.63) is 31.9 Å². The number of nitrogens with one attached hydrogen (secondary N) is 1. The molecular formula is C15H21LrN3O3S-2. The fourth-order valence-electron chi connectivity index (χ4n) is 2.62. The Bertz CT molecular complexity index is 796. The van der Waals surface area contributed by atoms with E-state index in [1.165, 1.54) is 4.31 Å². The molecule has 137 valence electrons. The Labute approximate surface area is 131 Å². The van der Waals surface area contributed by atoms with Crippen LogP contribution in [0.1, 0.15) is 27.7 Å². The second-order valence-corrected chi connectivity index (χ2v) is 8.04. The van der Waals surface area contributed by atoms with Gasteiger partial charge in [-0.15, -0.1) is 6.10 Å². The zero-order valence-corrected chi connectivity index (χ0v) is 16.7. The van der Waals surface area contributed by atoms with Crippen LogP contribution in [-0.2, 0) is 10.0 Å². The van der Waals surface area contributed by atoms with Gasteiger partial charge in [0, 0.05) is 17.1 Å². The van der Waals surface area contributed by atoms with Crippen molar-refractivity contribution in [2.45, 2.75) is 33.2 Å². The number of fused-ring (bicyclic) bond motifs is 2. The fraction of sp³-hybridized carbons (Fsp3) is 0.400. The van der Waals surface area contributed by atoms with Gasteiger partial charge in [-0.2, -0.15) is 11.9 Å². The van der Waals surface area contributed by atoms with Crippen molar-refractivity contribution >= 4 is 26.7 Å². The average Bonchev–Trinajstić information content (AvgIpc) is 2.68. The number of sulfonamides is 1. The third-order valence-electron chi connectivity index (χ3n) is 3.24. The van der Waals surface area contributed by atoms with Crippen molar-refractivity contribution in [2.75, 3.05) is 10.1 Å². The van der Waals surface area contributed by atoms with Gasteiger partial charge < -0.3 is 17.1 Å². The predicted octanol–water partition coefficient (Wildman–Crippen LogP) is 2.89. The molecule has 0 amide bonds. The normalized spacial score (nSPS) is 17.5. The van der Waals surface area contributed by atoms with E-state index in [2.05, 4.69) is 9.97 Å². The molecule has 0 saturated heterocycles. The summed E-state index contributed by atoms with van der Waals surface area (Å²) in [6.45, 7) is 7.23. The maximum Gasteiger partial charge on any atom is 0.210 e. The van der Waals surface area contributed by atoms with Crippen LogP contribution in [-0.4, -0.2) is 29.7 Å². The van der Waals surface area contributed by atoms with E-state index in [-0.39, 0.29) is 13.2 Å². The van der Waals surface area contributed by atoms with Crippen molar-refractivity contribution in [1.29, 1.82) is 0 Å². The molecule has 0 atom stereocenters. The number of anilines is 1. The summed E-state index contributed by atoms with van der Waals surface area (Å²) >= 11 is 0. The van der Waals surface area contributed by atoms with Gasteiger partial charge in [0.1, 0.15) is 11.3 Å². The van der Waals surface area contributed by atoms with Crippen LogP contribution in [0.15, 0.2) is 18.3 Å². The molecule has 0 bridgehead atoms. The van der Waals surface area contributed by atoms with Crippen molar-refractivity contribution < 1.29 is 13.2 Å². The van der Waals surface area contributed by atoms with E-state index in [9.17, 15) is 8.42 Å². The fourth-order valence-corrected chi connectivity index (χ4v) is 4.59. The Hall–Kier alpha value is -2.76. The van der Waals surface area contributed by atoms with Crippen LogP contribution < -0.4 is 9.04 Å². The summed E-state index contributed by atoms with van der Waals surface area (Å²) in [4.78, 5) is 7.42. The number of aromatic amines is 1. The van der Waals surface area contributed by atoms with Crippen LogP contribution in [0.2, 0.25) is 0 Å². The van der Waals surface area contributed by atoms with Gasteiger partial charge >= 0.3 is 0 Å². The molecule has 3 heterocycles. The van der Waals surface area contributed by atoms with Crippen molar-refractivity contribution in [2.24, 2.45) is 0 Å². The first kappa shape index (κ1) is 18.3. The summed E-state index contributed by atoms with van der Waals surface area (Å²) in [6, 6.07) is 3.66. The summed E-state index contributed by atoms with van der Waals surface area (Å²) in [5, 5.41) is 0.848. The molecular weight excluding hydrogens is 564 g/mol. The van der Waals surface area contributed by atoms with Gasteiger partial charge in [-0.25, -0.2) is 8.42 Å². The number of ether oxygens (including phenoxy) is 1. The average molecular weight is 585 g/mol. The van der Waals surface area contributed by atoms with Gasteiger partial charge in [-0.05, 0) is 38.7 Å². The standard InChI is InChI=1S/C14H18N3O3S.CH3.Lr/c1-9-8-21(18,19)17(14(2,3)4)11-7-10-5-6-15-12(10)16-13(11)20-9;;/h5-7H,8H2,1-4H3,(H,15,16);1H3;/q2*-1;. The molecule has 3 rings (SSSR count). The summed E-state index contributed by atoms with van der Waals surface area (Å²) in [5.41, 5.74) is 0.550. The predicted molar refractivity (Wildman–Crippen MR) is 88.1 cm³/mol. The molecule has 0 unspecified atom stereocenters. The molecule has 1 radical (unpaired) electrons. The molecule has 2 aromatic heterocycles. The van der Waals surface area contributed by atoms with Crippen LogP contribution in [0.4, 0.5) is 5.69 Å². The number of nitrogens with zero attached hydrogens (tertiary/aromatic N) is 2. The minimum atomic E-state index is -3.51. The summed E-state index contributed by atoms with van der Waals surface area (Å²) in [5.74, 6) is 0.174. The number of rotatable bonds is 0. The van der Waals surface area contributed by atoms with Gasteiger partial charge in [0.2, 0.25) is 15.9 Å². The third kappa shape index (κ3) is 2.92. The molecule has 6 nitrogen and oxygen atoms in total. The minimum absolute atomic E-state index is 0. The molecule has 23 heavy (non-hydrogen) atoms. The van der Waals surface area contributed by atoms with E-state index in [1.54, 1.807) is 19.2 Å². The maximum absolute atomic E-state index is 12.7. The van der Waals surface area contributed by atoms with Crippen LogP contribution in [0.5, 0.6) is 5.88 Å². The molecule has 0 spiro atoms. The van der Waals surface area contributed by atoms with Crippen molar-refractivity contribution in [3.8, 4) is 5.88 Å². The van der Waals surface area contributed by atoms with Gasteiger partial charge in [0.25, 0.3) is 0 Å². The molecule has 0 aromatic carbocycles. The van der Waals surface area contributed by atoms with E-state index < -0.39 is 15.6 Å². The molecule has 1 N–H and O–H groups in total. The quantitative estimate of drug-likeness (QED) is 0.483. The Morgan fingerprint density at radius 1 is 1.39 bits per heavy atom. The monoisotopic (exact) mass is 585 g/mol. The van der Waals surface area contributed by atoms with E-state index in [0.717, 1.165) is 5.39 Å². The van der Waals surface area contributed by atoms with Crippen molar-refractivity contribution in [3.63, 3.8) is 0 Å². The number of hydrogen-bond donors (Lipinski definition) is 1. The number of H-pyrrole nitrogens is 1. The molecule has 2 aromatic rings. The Morgan fingerprint density at radius 3 is 2.65 bits per heavy atom. The van der Waals surface area contributed by atoms with Gasteiger partial charge in [-0.1, -0.05) is 0 Å². The number of hydrogen-bond acceptors (Lipinski definition) is 4.